The zero-order valence-electron chi connectivity index (χ0n) is 7.73. The highest BCUT2D eigenvalue weighted by Crippen LogP contribution is 2.35. The largest absolute Gasteiger partial charge is 0.416 e. The molecule has 1 amide bonds. The Bertz CT molecular complexity index is 433. The summed E-state index contributed by atoms with van der Waals surface area (Å²) in [6.07, 6.45) is -4.56. The number of amides is 1. The summed E-state index contributed by atoms with van der Waals surface area (Å²) in [5.41, 5.74) is 5.75. The number of rotatable bonds is 1. The first kappa shape index (κ1) is 12.8. The summed E-state index contributed by atoms with van der Waals surface area (Å²) in [4.78, 5) is 11.2. The Kier molecular flexibility index (Phi) is 3.44. The number of halogens is 4. The van der Waals surface area contributed by atoms with Gasteiger partial charge in [-0.05, 0) is 28.1 Å². The molecule has 0 aliphatic heterocycles. The topological polar surface area (TPSA) is 81.1 Å². The first-order valence-electron chi connectivity index (χ1n) is 3.94. The summed E-state index contributed by atoms with van der Waals surface area (Å²) >= 11 is 2.84. The van der Waals surface area contributed by atoms with Gasteiger partial charge in [-0.2, -0.15) is 13.2 Å². The van der Waals surface area contributed by atoms with Crippen molar-refractivity contribution in [2.75, 3.05) is 5.73 Å². The number of carbonyl (C=O) groups excluding carboxylic acids is 1. The lowest BCUT2D eigenvalue weighted by Crippen LogP contribution is -2.31. The average molecular weight is 298 g/mol. The van der Waals surface area contributed by atoms with Crippen LogP contribution in [0.3, 0.4) is 0 Å². The Labute approximate surface area is 96.9 Å². The van der Waals surface area contributed by atoms with Crippen LogP contribution in [0.4, 0.5) is 18.9 Å². The Morgan fingerprint density at radius 1 is 1.38 bits per heavy atom. The van der Waals surface area contributed by atoms with Gasteiger partial charge < -0.3 is 5.73 Å². The van der Waals surface area contributed by atoms with Gasteiger partial charge in [0.1, 0.15) is 0 Å². The van der Waals surface area contributed by atoms with Gasteiger partial charge in [0.15, 0.2) is 0 Å². The summed E-state index contributed by atoms with van der Waals surface area (Å²) in [5, 5.41) is 0. The third kappa shape index (κ3) is 2.45. The highest BCUT2D eigenvalue weighted by Gasteiger charge is 2.32. The molecule has 0 bridgehead atoms. The Morgan fingerprint density at radius 2 is 1.94 bits per heavy atom. The van der Waals surface area contributed by atoms with E-state index in [1.165, 1.54) is 0 Å². The van der Waals surface area contributed by atoms with Crippen molar-refractivity contribution in [3.63, 3.8) is 0 Å². The minimum atomic E-state index is -4.56. The smallest absolute Gasteiger partial charge is 0.397 e. The van der Waals surface area contributed by atoms with E-state index in [2.05, 4.69) is 15.9 Å². The summed E-state index contributed by atoms with van der Waals surface area (Å²) in [6.45, 7) is 0. The first-order valence-corrected chi connectivity index (χ1v) is 4.74. The van der Waals surface area contributed by atoms with Gasteiger partial charge in [-0.15, -0.1) is 0 Å². The maximum absolute atomic E-state index is 12.4. The molecule has 0 unspecified atom stereocenters. The molecule has 5 N–H and O–H groups in total. The fraction of sp³-hybridized carbons (Fsp3) is 0.125. The second kappa shape index (κ2) is 4.30. The summed E-state index contributed by atoms with van der Waals surface area (Å²) in [5.74, 6) is 3.95. The molecule has 88 valence electrons. The van der Waals surface area contributed by atoms with Gasteiger partial charge >= 0.3 is 6.18 Å². The molecule has 0 aliphatic rings. The number of alkyl halides is 3. The molecule has 0 aliphatic carbocycles. The van der Waals surface area contributed by atoms with Gasteiger partial charge in [-0.3, -0.25) is 10.2 Å². The second-order valence-electron chi connectivity index (χ2n) is 2.89. The minimum absolute atomic E-state index is 0.0130. The monoisotopic (exact) mass is 297 g/mol. The first-order chi connectivity index (χ1) is 7.27. The van der Waals surface area contributed by atoms with Crippen LogP contribution in [0.2, 0.25) is 0 Å². The molecule has 8 heteroatoms. The number of hydrogen-bond donors (Lipinski definition) is 3. The molecule has 0 saturated carbocycles. The van der Waals surface area contributed by atoms with Crippen molar-refractivity contribution < 1.29 is 18.0 Å². The molecule has 1 aromatic rings. The number of nitrogens with one attached hydrogen (secondary N) is 1. The van der Waals surface area contributed by atoms with E-state index in [0.29, 0.717) is 6.07 Å². The van der Waals surface area contributed by atoms with Crippen LogP contribution in [0.15, 0.2) is 16.6 Å². The molecular weight excluding hydrogens is 291 g/mol. The SMILES string of the molecule is NNC(=O)c1cc(C(F)(F)F)cc(Br)c1N. The Morgan fingerprint density at radius 3 is 2.38 bits per heavy atom. The van der Waals surface area contributed by atoms with E-state index in [1.807, 2.05) is 0 Å². The average Bonchev–Trinajstić information content (AvgIpc) is 2.19. The van der Waals surface area contributed by atoms with Crippen LogP contribution in [0, 0.1) is 0 Å². The highest BCUT2D eigenvalue weighted by atomic mass is 79.9. The zero-order chi connectivity index (χ0) is 12.5. The van der Waals surface area contributed by atoms with E-state index in [4.69, 9.17) is 11.6 Å². The lowest BCUT2D eigenvalue weighted by Gasteiger charge is -2.12. The lowest BCUT2D eigenvalue weighted by atomic mass is 10.1. The summed E-state index contributed by atoms with van der Waals surface area (Å²) < 4.78 is 37.3. The fourth-order valence-corrected chi connectivity index (χ4v) is 1.51. The zero-order valence-corrected chi connectivity index (χ0v) is 9.32. The van der Waals surface area contributed by atoms with Crippen molar-refractivity contribution in [1.29, 1.82) is 0 Å². The predicted molar refractivity (Wildman–Crippen MR) is 55.2 cm³/mol. The van der Waals surface area contributed by atoms with Crippen LogP contribution in [-0.2, 0) is 6.18 Å². The number of carbonyl (C=O) groups is 1. The molecule has 4 nitrogen and oxygen atoms in total. The maximum atomic E-state index is 12.4. The van der Waals surface area contributed by atoms with Crippen LogP contribution in [-0.4, -0.2) is 5.91 Å². The van der Waals surface area contributed by atoms with Gasteiger partial charge in [-0.25, -0.2) is 5.84 Å². The van der Waals surface area contributed by atoms with Crippen LogP contribution < -0.4 is 17.0 Å². The molecule has 1 aromatic carbocycles. The molecule has 0 aromatic heterocycles. The number of nitrogens with two attached hydrogens (primary N) is 2. The quantitative estimate of drug-likeness (QED) is 0.319. The normalized spacial score (nSPS) is 11.3. The number of hydrogen-bond acceptors (Lipinski definition) is 3. The molecule has 0 spiro atoms. The molecule has 0 heterocycles. The Hall–Kier alpha value is -1.28. The van der Waals surface area contributed by atoms with Crippen molar-refractivity contribution in [2.24, 2.45) is 5.84 Å². The van der Waals surface area contributed by atoms with Crippen LogP contribution in [0.25, 0.3) is 0 Å². The van der Waals surface area contributed by atoms with Gasteiger partial charge in [0.05, 0.1) is 16.8 Å². The second-order valence-corrected chi connectivity index (χ2v) is 3.74. The molecule has 0 radical (unpaired) electrons. The van der Waals surface area contributed by atoms with Crippen molar-refractivity contribution in [1.82, 2.24) is 5.43 Å². The van der Waals surface area contributed by atoms with Gasteiger partial charge in [-0.1, -0.05) is 0 Å². The van der Waals surface area contributed by atoms with E-state index in [9.17, 15) is 18.0 Å². The standard InChI is InChI=1S/C8H7BrF3N3O/c9-5-2-3(8(10,11)12)1-4(6(5)13)7(16)15-14/h1-2H,13-14H2,(H,15,16). The highest BCUT2D eigenvalue weighted by molar-refractivity contribution is 9.10. The molecule has 16 heavy (non-hydrogen) atoms. The van der Waals surface area contributed by atoms with Crippen LogP contribution >= 0.6 is 15.9 Å². The third-order valence-corrected chi connectivity index (χ3v) is 2.49. The molecule has 0 atom stereocenters. The number of hydrazine groups is 1. The predicted octanol–water partition coefficient (Wildman–Crippen LogP) is 1.65. The van der Waals surface area contributed by atoms with Crippen molar-refractivity contribution in [3.8, 4) is 0 Å². The third-order valence-electron chi connectivity index (χ3n) is 1.83. The van der Waals surface area contributed by atoms with Gasteiger partial charge in [0, 0.05) is 4.47 Å². The molecule has 0 saturated heterocycles. The van der Waals surface area contributed by atoms with E-state index in [0.717, 1.165) is 6.07 Å². The Balaban J connectivity index is 3.39. The van der Waals surface area contributed by atoms with E-state index in [-0.39, 0.29) is 15.7 Å². The van der Waals surface area contributed by atoms with Gasteiger partial charge in [0.2, 0.25) is 0 Å². The van der Waals surface area contributed by atoms with Crippen LogP contribution in [0.5, 0.6) is 0 Å². The van der Waals surface area contributed by atoms with Crippen LogP contribution in [0.1, 0.15) is 15.9 Å². The number of nitrogen functional groups attached to an aromatic ring is 2. The van der Waals surface area contributed by atoms with Crippen molar-refractivity contribution in [3.05, 3.63) is 27.7 Å². The lowest BCUT2D eigenvalue weighted by molar-refractivity contribution is -0.137. The molecular formula is C8H7BrF3N3O. The van der Waals surface area contributed by atoms with E-state index < -0.39 is 17.6 Å². The summed E-state index contributed by atoms with van der Waals surface area (Å²) in [7, 11) is 0. The fourth-order valence-electron chi connectivity index (χ4n) is 1.05. The molecule has 0 fully saturated rings. The van der Waals surface area contributed by atoms with Gasteiger partial charge in [0.25, 0.3) is 5.91 Å². The number of benzene rings is 1. The van der Waals surface area contributed by atoms with E-state index >= 15 is 0 Å². The summed E-state index contributed by atoms with van der Waals surface area (Å²) in [6, 6.07) is 1.44. The van der Waals surface area contributed by atoms with Crippen molar-refractivity contribution >= 4 is 27.5 Å². The number of anilines is 1. The maximum Gasteiger partial charge on any atom is 0.416 e. The minimum Gasteiger partial charge on any atom is -0.397 e. The molecule has 1 rings (SSSR count). The van der Waals surface area contributed by atoms with E-state index in [1.54, 1.807) is 5.43 Å². The van der Waals surface area contributed by atoms with Crippen molar-refractivity contribution in [2.45, 2.75) is 6.18 Å².